The van der Waals surface area contributed by atoms with Crippen LogP contribution in [0.5, 0.6) is 5.75 Å². The molecule has 1 saturated carbocycles. The van der Waals surface area contributed by atoms with Crippen LogP contribution < -0.4 is 10.1 Å². The van der Waals surface area contributed by atoms with E-state index in [1.165, 1.54) is 6.07 Å². The van der Waals surface area contributed by atoms with Crippen LogP contribution in [0.2, 0.25) is 0 Å². The highest BCUT2D eigenvalue weighted by molar-refractivity contribution is 5.42. The monoisotopic (exact) mass is 259 g/mol. The van der Waals surface area contributed by atoms with Crippen LogP contribution in [0.15, 0.2) is 18.2 Å². The van der Waals surface area contributed by atoms with Gasteiger partial charge < -0.3 is 10.1 Å². The van der Waals surface area contributed by atoms with Gasteiger partial charge in [0.15, 0.2) is 0 Å². The van der Waals surface area contributed by atoms with E-state index in [1.54, 1.807) is 6.07 Å². The lowest BCUT2D eigenvalue weighted by Crippen LogP contribution is -2.18. The molecule has 0 spiro atoms. The standard InChI is InChI=1S/C13H16F3NO/c1-2-17-8-9-3-6-12(18-13(14,15)16)11(7-9)10-4-5-10/h3,6-7,10,17H,2,4-5,8H2,1H3. The van der Waals surface area contributed by atoms with Crippen molar-refractivity contribution in [2.75, 3.05) is 6.54 Å². The van der Waals surface area contributed by atoms with E-state index >= 15 is 0 Å². The maximum Gasteiger partial charge on any atom is 0.573 e. The lowest BCUT2D eigenvalue weighted by molar-refractivity contribution is -0.274. The normalized spacial score (nSPS) is 15.8. The second-order valence-electron chi connectivity index (χ2n) is 4.47. The van der Waals surface area contributed by atoms with E-state index in [-0.39, 0.29) is 11.7 Å². The maximum atomic E-state index is 12.3. The van der Waals surface area contributed by atoms with Crippen molar-refractivity contribution in [3.63, 3.8) is 0 Å². The minimum Gasteiger partial charge on any atom is -0.405 e. The highest BCUT2D eigenvalue weighted by Crippen LogP contribution is 2.45. The Kier molecular flexibility index (Phi) is 3.80. The molecule has 0 unspecified atom stereocenters. The number of alkyl halides is 3. The van der Waals surface area contributed by atoms with E-state index in [1.807, 2.05) is 13.0 Å². The van der Waals surface area contributed by atoms with E-state index in [2.05, 4.69) is 10.1 Å². The molecular weight excluding hydrogens is 243 g/mol. The maximum absolute atomic E-state index is 12.3. The molecule has 1 aliphatic carbocycles. The van der Waals surface area contributed by atoms with Crippen LogP contribution in [0.1, 0.15) is 36.8 Å². The molecule has 0 bridgehead atoms. The summed E-state index contributed by atoms with van der Waals surface area (Å²) in [4.78, 5) is 0. The van der Waals surface area contributed by atoms with Crippen LogP contribution in [0.25, 0.3) is 0 Å². The third kappa shape index (κ3) is 3.63. The SMILES string of the molecule is CCNCc1ccc(OC(F)(F)F)c(C2CC2)c1. The minimum atomic E-state index is -4.62. The zero-order valence-electron chi connectivity index (χ0n) is 10.2. The van der Waals surface area contributed by atoms with Crippen molar-refractivity contribution in [2.24, 2.45) is 0 Å². The largest absolute Gasteiger partial charge is 0.573 e. The summed E-state index contributed by atoms with van der Waals surface area (Å²) in [6.45, 7) is 3.49. The fourth-order valence-corrected chi connectivity index (χ4v) is 1.91. The smallest absolute Gasteiger partial charge is 0.405 e. The van der Waals surface area contributed by atoms with Crippen LogP contribution in [0.3, 0.4) is 0 Å². The molecule has 0 aromatic heterocycles. The molecule has 2 nitrogen and oxygen atoms in total. The Morgan fingerprint density at radius 2 is 2.06 bits per heavy atom. The third-order valence-electron chi connectivity index (χ3n) is 2.90. The fourth-order valence-electron chi connectivity index (χ4n) is 1.91. The molecule has 18 heavy (non-hydrogen) atoms. The highest BCUT2D eigenvalue weighted by atomic mass is 19.4. The third-order valence-corrected chi connectivity index (χ3v) is 2.90. The molecule has 1 aromatic rings. The van der Waals surface area contributed by atoms with Crippen LogP contribution in [-0.4, -0.2) is 12.9 Å². The van der Waals surface area contributed by atoms with Crippen LogP contribution >= 0.6 is 0 Å². The van der Waals surface area contributed by atoms with Crippen LogP contribution in [0, 0.1) is 0 Å². The van der Waals surface area contributed by atoms with Crippen molar-refractivity contribution >= 4 is 0 Å². The molecule has 0 atom stereocenters. The van der Waals surface area contributed by atoms with Gasteiger partial charge in [0.2, 0.25) is 0 Å². The lowest BCUT2D eigenvalue weighted by Gasteiger charge is -2.14. The van der Waals surface area contributed by atoms with Crippen LogP contribution in [0.4, 0.5) is 13.2 Å². The Labute approximate surface area is 104 Å². The summed E-state index contributed by atoms with van der Waals surface area (Å²) in [7, 11) is 0. The quantitative estimate of drug-likeness (QED) is 0.872. The average Bonchev–Trinajstić information content (AvgIpc) is 3.09. The van der Waals surface area contributed by atoms with Gasteiger partial charge in [-0.1, -0.05) is 19.1 Å². The van der Waals surface area contributed by atoms with Crippen molar-refractivity contribution in [2.45, 2.75) is 38.6 Å². The van der Waals surface area contributed by atoms with Gasteiger partial charge in [-0.05, 0) is 42.5 Å². The Balaban J connectivity index is 2.18. The van der Waals surface area contributed by atoms with Gasteiger partial charge in [-0.3, -0.25) is 0 Å². The second kappa shape index (κ2) is 5.18. The Morgan fingerprint density at radius 1 is 1.33 bits per heavy atom. The molecule has 0 radical (unpaired) electrons. The highest BCUT2D eigenvalue weighted by Gasteiger charge is 2.35. The van der Waals surface area contributed by atoms with Gasteiger partial charge in [0, 0.05) is 6.54 Å². The predicted octanol–water partition coefficient (Wildman–Crippen LogP) is 3.57. The summed E-state index contributed by atoms with van der Waals surface area (Å²) in [5, 5.41) is 3.16. The van der Waals surface area contributed by atoms with E-state index in [0.717, 1.165) is 24.9 Å². The summed E-state index contributed by atoms with van der Waals surface area (Å²) < 4.78 is 40.9. The van der Waals surface area contributed by atoms with Gasteiger partial charge in [0.25, 0.3) is 0 Å². The van der Waals surface area contributed by atoms with E-state index in [4.69, 9.17) is 0 Å². The summed E-state index contributed by atoms with van der Waals surface area (Å²) in [5.74, 6) is 0.175. The number of benzene rings is 1. The number of halogens is 3. The number of rotatable bonds is 5. The number of hydrogen-bond donors (Lipinski definition) is 1. The Hall–Kier alpha value is -1.23. The molecule has 0 aliphatic heterocycles. The lowest BCUT2D eigenvalue weighted by atomic mass is 10.1. The molecule has 1 aromatic carbocycles. The van der Waals surface area contributed by atoms with Crippen molar-refractivity contribution < 1.29 is 17.9 Å². The molecule has 1 aliphatic rings. The molecule has 0 amide bonds. The van der Waals surface area contributed by atoms with Gasteiger partial charge in [-0.15, -0.1) is 13.2 Å². The van der Waals surface area contributed by atoms with Gasteiger partial charge in [-0.25, -0.2) is 0 Å². The summed E-state index contributed by atoms with van der Waals surface area (Å²) in [6.07, 6.45) is -2.73. The molecule has 0 heterocycles. The van der Waals surface area contributed by atoms with Gasteiger partial charge >= 0.3 is 6.36 Å². The molecule has 0 saturated heterocycles. The summed E-state index contributed by atoms with van der Waals surface area (Å²) in [5.41, 5.74) is 1.68. The van der Waals surface area contributed by atoms with E-state index < -0.39 is 6.36 Å². The minimum absolute atomic E-state index is 0.0507. The first-order chi connectivity index (χ1) is 8.49. The van der Waals surface area contributed by atoms with E-state index in [9.17, 15) is 13.2 Å². The van der Waals surface area contributed by atoms with Crippen LogP contribution in [-0.2, 0) is 6.54 Å². The average molecular weight is 259 g/mol. The van der Waals surface area contributed by atoms with Crippen molar-refractivity contribution in [1.82, 2.24) is 5.32 Å². The summed E-state index contributed by atoms with van der Waals surface area (Å²) >= 11 is 0. The topological polar surface area (TPSA) is 21.3 Å². The first-order valence-corrected chi connectivity index (χ1v) is 6.09. The molecule has 1 N–H and O–H groups in total. The van der Waals surface area contributed by atoms with Gasteiger partial charge in [0.1, 0.15) is 5.75 Å². The van der Waals surface area contributed by atoms with Crippen molar-refractivity contribution in [3.05, 3.63) is 29.3 Å². The Bertz CT molecular complexity index is 413. The van der Waals surface area contributed by atoms with Gasteiger partial charge in [-0.2, -0.15) is 0 Å². The predicted molar refractivity (Wildman–Crippen MR) is 62.5 cm³/mol. The number of hydrogen-bond acceptors (Lipinski definition) is 2. The number of ether oxygens (including phenoxy) is 1. The number of nitrogens with one attached hydrogen (secondary N) is 1. The van der Waals surface area contributed by atoms with Gasteiger partial charge in [0.05, 0.1) is 0 Å². The zero-order valence-corrected chi connectivity index (χ0v) is 10.2. The van der Waals surface area contributed by atoms with Crippen molar-refractivity contribution in [3.8, 4) is 5.75 Å². The summed E-state index contributed by atoms with van der Waals surface area (Å²) in [6, 6.07) is 4.92. The Morgan fingerprint density at radius 3 is 2.61 bits per heavy atom. The molecular formula is C13H16F3NO. The zero-order chi connectivity index (χ0) is 13.2. The molecule has 100 valence electrons. The molecule has 5 heteroatoms. The van der Waals surface area contributed by atoms with E-state index in [0.29, 0.717) is 12.1 Å². The second-order valence-corrected chi connectivity index (χ2v) is 4.47. The molecule has 1 fully saturated rings. The fraction of sp³-hybridized carbons (Fsp3) is 0.538. The first kappa shape index (κ1) is 13.2. The molecule has 2 rings (SSSR count). The first-order valence-electron chi connectivity index (χ1n) is 6.09. The van der Waals surface area contributed by atoms with Crippen molar-refractivity contribution in [1.29, 1.82) is 0 Å².